The van der Waals surface area contributed by atoms with Crippen LogP contribution in [0.2, 0.25) is 0 Å². The van der Waals surface area contributed by atoms with E-state index in [0.717, 1.165) is 19.3 Å². The second kappa shape index (κ2) is 6.91. The van der Waals surface area contributed by atoms with Crippen molar-refractivity contribution in [2.45, 2.75) is 31.7 Å². The molecule has 2 rings (SSSR count). The van der Waals surface area contributed by atoms with Crippen molar-refractivity contribution in [2.24, 2.45) is 0 Å². The quantitative estimate of drug-likeness (QED) is 0.741. The maximum Gasteiger partial charge on any atom is 0.282 e. The molecule has 2 saturated heterocycles. The molecular weight excluding hydrogens is 314 g/mol. The predicted molar refractivity (Wildman–Crippen MR) is 82.0 cm³/mol. The van der Waals surface area contributed by atoms with Crippen LogP contribution in [0.4, 0.5) is 0 Å². The van der Waals surface area contributed by atoms with E-state index >= 15 is 0 Å². The number of rotatable bonds is 4. The lowest BCUT2D eigenvalue weighted by Crippen LogP contribution is -2.53. The van der Waals surface area contributed by atoms with Crippen molar-refractivity contribution in [3.05, 3.63) is 0 Å². The summed E-state index contributed by atoms with van der Waals surface area (Å²) < 4.78 is 51.8. The highest BCUT2D eigenvalue weighted by molar-refractivity contribution is 7.91. The average Bonchev–Trinajstić information content (AvgIpc) is 2.61. The van der Waals surface area contributed by atoms with Crippen molar-refractivity contribution < 1.29 is 16.8 Å². The van der Waals surface area contributed by atoms with E-state index in [4.69, 9.17) is 0 Å². The number of likely N-dealkylation sites (N-methyl/N-ethyl adjacent to an activating group) is 1. The number of hydrogen-bond donors (Lipinski definition) is 1. The van der Waals surface area contributed by atoms with E-state index in [1.165, 1.54) is 4.31 Å². The fourth-order valence-corrected chi connectivity index (χ4v) is 6.29. The van der Waals surface area contributed by atoms with E-state index in [2.05, 4.69) is 5.32 Å². The van der Waals surface area contributed by atoms with Gasteiger partial charge in [-0.3, -0.25) is 0 Å². The van der Waals surface area contributed by atoms with Crippen LogP contribution in [0.1, 0.15) is 25.7 Å². The highest BCUT2D eigenvalue weighted by Gasteiger charge is 2.37. The zero-order valence-corrected chi connectivity index (χ0v) is 14.1. The molecule has 2 fully saturated rings. The summed E-state index contributed by atoms with van der Waals surface area (Å²) in [4.78, 5) is 0. The minimum atomic E-state index is -3.57. The van der Waals surface area contributed by atoms with E-state index in [0.29, 0.717) is 26.1 Å². The summed E-state index contributed by atoms with van der Waals surface area (Å²) in [5.74, 6) is 0.00965. The molecule has 2 aliphatic heterocycles. The van der Waals surface area contributed by atoms with Crippen molar-refractivity contribution in [2.75, 3.05) is 44.7 Å². The number of hydrogen-bond acceptors (Lipinski definition) is 5. The van der Waals surface area contributed by atoms with Crippen molar-refractivity contribution in [3.63, 3.8) is 0 Å². The van der Waals surface area contributed by atoms with Gasteiger partial charge in [0.15, 0.2) is 9.84 Å². The first kappa shape index (κ1) is 17.1. The van der Waals surface area contributed by atoms with Crippen LogP contribution < -0.4 is 5.32 Å². The Morgan fingerprint density at radius 3 is 2.57 bits per heavy atom. The summed E-state index contributed by atoms with van der Waals surface area (Å²) in [5, 5.41) is 3.05. The van der Waals surface area contributed by atoms with Crippen LogP contribution in [0, 0.1) is 0 Å². The van der Waals surface area contributed by atoms with Gasteiger partial charge in [0.25, 0.3) is 10.2 Å². The van der Waals surface area contributed by atoms with Crippen LogP contribution in [-0.4, -0.2) is 76.2 Å². The minimum Gasteiger partial charge on any atom is -0.318 e. The molecule has 124 valence electrons. The second-order valence-corrected chi connectivity index (χ2v) is 9.91. The second-order valence-electron chi connectivity index (χ2n) is 5.73. The van der Waals surface area contributed by atoms with Crippen LogP contribution >= 0.6 is 0 Å². The smallest absolute Gasteiger partial charge is 0.282 e. The number of nitrogens with zero attached hydrogens (tertiary/aromatic N) is 2. The normalized spacial score (nSPS) is 29.1. The third kappa shape index (κ3) is 4.16. The molecule has 0 bridgehead atoms. The Balaban J connectivity index is 2.15. The van der Waals surface area contributed by atoms with Gasteiger partial charge in [-0.2, -0.15) is 17.0 Å². The van der Waals surface area contributed by atoms with Gasteiger partial charge < -0.3 is 5.32 Å². The fourth-order valence-electron chi connectivity index (χ4n) is 3.01. The van der Waals surface area contributed by atoms with Gasteiger partial charge in [-0.15, -0.1) is 0 Å². The van der Waals surface area contributed by atoms with Gasteiger partial charge in [0.2, 0.25) is 0 Å². The van der Waals surface area contributed by atoms with Crippen LogP contribution in [-0.2, 0) is 20.0 Å². The maximum atomic E-state index is 12.8. The maximum absolute atomic E-state index is 12.8. The molecule has 1 atom stereocenters. The summed E-state index contributed by atoms with van der Waals surface area (Å²) in [7, 11) is -4.85. The zero-order valence-electron chi connectivity index (χ0n) is 12.5. The molecule has 0 aliphatic carbocycles. The van der Waals surface area contributed by atoms with E-state index < -0.39 is 20.0 Å². The van der Waals surface area contributed by atoms with Crippen molar-refractivity contribution in [1.29, 1.82) is 0 Å². The van der Waals surface area contributed by atoms with Crippen LogP contribution in [0.25, 0.3) is 0 Å². The monoisotopic (exact) mass is 339 g/mol. The third-order valence-corrected chi connectivity index (χ3v) is 7.96. The molecule has 0 spiro atoms. The van der Waals surface area contributed by atoms with Crippen molar-refractivity contribution >= 4 is 20.0 Å². The third-order valence-electron chi connectivity index (χ3n) is 4.15. The van der Waals surface area contributed by atoms with E-state index in [9.17, 15) is 16.8 Å². The lowest BCUT2D eigenvalue weighted by Gasteiger charge is -2.37. The van der Waals surface area contributed by atoms with Crippen LogP contribution in [0.5, 0.6) is 0 Å². The predicted octanol–water partition coefficient (Wildman–Crippen LogP) is -0.574. The van der Waals surface area contributed by atoms with Crippen LogP contribution in [0.15, 0.2) is 0 Å². The molecule has 0 amide bonds. The Hall–Kier alpha value is -0.220. The minimum absolute atomic E-state index is 0.0337. The molecule has 0 saturated carbocycles. The summed E-state index contributed by atoms with van der Waals surface area (Å²) in [6.07, 6.45) is 3.14. The molecule has 1 N–H and O–H groups in total. The van der Waals surface area contributed by atoms with Crippen molar-refractivity contribution in [1.82, 2.24) is 13.9 Å². The first-order valence-corrected chi connectivity index (χ1v) is 10.7. The number of sulfone groups is 1. The van der Waals surface area contributed by atoms with Crippen LogP contribution in [0.3, 0.4) is 0 Å². The largest absolute Gasteiger partial charge is 0.318 e. The average molecular weight is 339 g/mol. The SMILES string of the molecule is CNCC1CCCCN1S(=O)(=O)N1CCCS(=O)(=O)CC1. The Morgan fingerprint density at radius 1 is 1.10 bits per heavy atom. The van der Waals surface area contributed by atoms with E-state index in [1.54, 1.807) is 4.31 Å². The molecule has 1 unspecified atom stereocenters. The highest BCUT2D eigenvalue weighted by Crippen LogP contribution is 2.23. The number of nitrogens with one attached hydrogen (secondary N) is 1. The van der Waals surface area contributed by atoms with Crippen molar-refractivity contribution in [3.8, 4) is 0 Å². The van der Waals surface area contributed by atoms with E-state index in [1.807, 2.05) is 7.05 Å². The van der Waals surface area contributed by atoms with Gasteiger partial charge in [-0.1, -0.05) is 6.42 Å². The zero-order chi connectivity index (χ0) is 15.5. The Kier molecular flexibility index (Phi) is 5.64. The Bertz CT molecular complexity index is 545. The molecular formula is C12H25N3O4S2. The summed E-state index contributed by atoms with van der Waals surface area (Å²) in [6.45, 7) is 1.53. The molecule has 2 heterocycles. The molecule has 2 aliphatic rings. The highest BCUT2D eigenvalue weighted by atomic mass is 32.2. The van der Waals surface area contributed by atoms with Gasteiger partial charge in [0.1, 0.15) is 0 Å². The van der Waals surface area contributed by atoms with E-state index in [-0.39, 0.29) is 24.1 Å². The molecule has 7 nitrogen and oxygen atoms in total. The first-order valence-electron chi connectivity index (χ1n) is 7.49. The topological polar surface area (TPSA) is 86.8 Å². The molecule has 0 aromatic heterocycles. The van der Waals surface area contributed by atoms with Gasteiger partial charge in [0, 0.05) is 32.2 Å². The first-order chi connectivity index (χ1) is 9.87. The molecule has 21 heavy (non-hydrogen) atoms. The van der Waals surface area contributed by atoms with Gasteiger partial charge in [-0.05, 0) is 26.3 Å². The van der Waals surface area contributed by atoms with Gasteiger partial charge in [0.05, 0.1) is 11.5 Å². The molecule has 0 aromatic rings. The summed E-state index contributed by atoms with van der Waals surface area (Å²) in [5.41, 5.74) is 0. The molecule has 0 aromatic carbocycles. The molecule has 0 radical (unpaired) electrons. The van der Waals surface area contributed by atoms with Gasteiger partial charge >= 0.3 is 0 Å². The summed E-state index contributed by atoms with van der Waals surface area (Å²) in [6, 6.07) is -0.0337. The lowest BCUT2D eigenvalue weighted by atomic mass is 10.1. The fraction of sp³-hybridized carbons (Fsp3) is 1.00. The standard InChI is InChI=1S/C12H25N3O4S2/c1-13-11-12-5-2-3-7-15(12)21(18,19)14-6-4-9-20(16,17)10-8-14/h12-13H,2-11H2,1H3. The number of piperidine rings is 1. The lowest BCUT2D eigenvalue weighted by molar-refractivity contribution is 0.230. The van der Waals surface area contributed by atoms with Gasteiger partial charge in [-0.25, -0.2) is 8.42 Å². The summed E-state index contributed by atoms with van der Waals surface area (Å²) >= 11 is 0. The molecule has 9 heteroatoms. The Morgan fingerprint density at radius 2 is 1.86 bits per heavy atom. The Labute approximate surface area is 127 Å².